The first-order chi connectivity index (χ1) is 12.7. The fourth-order valence-electron chi connectivity index (χ4n) is 2.83. The molecule has 0 aliphatic carbocycles. The van der Waals surface area contributed by atoms with E-state index in [-0.39, 0.29) is 0 Å². The van der Waals surface area contributed by atoms with Gasteiger partial charge in [-0.2, -0.15) is 0 Å². The first-order valence-corrected chi connectivity index (χ1v) is 9.05. The number of carbonyl (C=O) groups is 1. The summed E-state index contributed by atoms with van der Waals surface area (Å²) in [7, 11) is 2.05. The molecule has 0 amide bonds. The summed E-state index contributed by atoms with van der Waals surface area (Å²) in [6.45, 7) is 6.15. The summed E-state index contributed by atoms with van der Waals surface area (Å²) in [5.41, 5.74) is 1.08. The molecule has 0 bridgehead atoms. The number of carboxylic acid groups (broad SMARTS) is 1. The van der Waals surface area contributed by atoms with E-state index in [1.807, 2.05) is 12.1 Å². The third-order valence-electron chi connectivity index (χ3n) is 4.53. The molecular formula is C19H29NO7. The molecule has 5 atom stereocenters. The highest BCUT2D eigenvalue weighted by Crippen LogP contribution is 2.25. The number of ether oxygens (including phenoxy) is 2. The molecule has 1 aromatic carbocycles. The normalized spacial score (nSPS) is 28.5. The number of aliphatic carboxylic acids is 1. The molecule has 1 fully saturated rings. The summed E-state index contributed by atoms with van der Waals surface area (Å²) in [4.78, 5) is 13.3. The zero-order valence-corrected chi connectivity index (χ0v) is 15.9. The molecule has 1 heterocycles. The van der Waals surface area contributed by atoms with Gasteiger partial charge in [0.1, 0.15) is 24.1 Å². The van der Waals surface area contributed by atoms with Gasteiger partial charge in [0, 0.05) is 6.54 Å². The lowest BCUT2D eigenvalue weighted by Crippen LogP contribution is -2.61. The van der Waals surface area contributed by atoms with Crippen LogP contribution in [0.25, 0.3) is 0 Å². The minimum Gasteiger partial charge on any atom is -0.479 e. The zero-order valence-electron chi connectivity index (χ0n) is 15.9. The standard InChI is InChI=1S/C19H29NO7/c1-11(2)8-9-20(3)10-12-4-6-13(7-5-12)26-19-16(23)14(21)15(22)17(27-19)18(24)25/h4-7,11,14-17,19,21-23H,8-10H2,1-3H3,(H,24,25). The van der Waals surface area contributed by atoms with Gasteiger partial charge in [-0.15, -0.1) is 0 Å². The van der Waals surface area contributed by atoms with Crippen LogP contribution in [-0.4, -0.2) is 75.6 Å². The molecule has 0 saturated carbocycles. The largest absolute Gasteiger partial charge is 0.479 e. The minimum atomic E-state index is -1.74. The van der Waals surface area contributed by atoms with E-state index in [2.05, 4.69) is 25.8 Å². The second-order valence-electron chi connectivity index (χ2n) is 7.42. The summed E-state index contributed by atoms with van der Waals surface area (Å²) in [5, 5.41) is 38.5. The van der Waals surface area contributed by atoms with Gasteiger partial charge in [0.05, 0.1) is 0 Å². The van der Waals surface area contributed by atoms with E-state index in [4.69, 9.17) is 14.6 Å². The van der Waals surface area contributed by atoms with E-state index in [0.717, 1.165) is 25.1 Å². The highest BCUT2D eigenvalue weighted by atomic mass is 16.7. The third kappa shape index (κ3) is 5.88. The number of aliphatic hydroxyl groups is 3. The molecule has 0 aromatic heterocycles. The van der Waals surface area contributed by atoms with E-state index in [9.17, 15) is 20.1 Å². The Balaban J connectivity index is 1.96. The molecule has 8 heteroatoms. The van der Waals surface area contributed by atoms with Crippen LogP contribution in [0.5, 0.6) is 5.75 Å². The van der Waals surface area contributed by atoms with Crippen LogP contribution in [-0.2, 0) is 16.1 Å². The van der Waals surface area contributed by atoms with Crippen molar-refractivity contribution in [1.29, 1.82) is 0 Å². The lowest BCUT2D eigenvalue weighted by molar-refractivity contribution is -0.271. The second-order valence-corrected chi connectivity index (χ2v) is 7.42. The van der Waals surface area contributed by atoms with Gasteiger partial charge in [0.25, 0.3) is 0 Å². The van der Waals surface area contributed by atoms with Crippen LogP contribution < -0.4 is 4.74 Å². The molecule has 5 unspecified atom stereocenters. The summed E-state index contributed by atoms with van der Waals surface area (Å²) >= 11 is 0. The molecule has 8 nitrogen and oxygen atoms in total. The fourth-order valence-corrected chi connectivity index (χ4v) is 2.83. The number of hydrogen-bond acceptors (Lipinski definition) is 7. The Morgan fingerprint density at radius 1 is 1.15 bits per heavy atom. The van der Waals surface area contributed by atoms with E-state index < -0.39 is 36.7 Å². The van der Waals surface area contributed by atoms with Crippen molar-refractivity contribution >= 4 is 5.97 Å². The Morgan fingerprint density at radius 3 is 2.33 bits per heavy atom. The van der Waals surface area contributed by atoms with Crippen molar-refractivity contribution in [1.82, 2.24) is 4.90 Å². The SMILES string of the molecule is CC(C)CCN(C)Cc1ccc(OC2OC(C(=O)O)C(O)C(O)C2O)cc1. The van der Waals surface area contributed by atoms with Crippen LogP contribution in [0.2, 0.25) is 0 Å². The van der Waals surface area contributed by atoms with Crippen LogP contribution in [0.1, 0.15) is 25.8 Å². The Kier molecular flexibility index (Phi) is 7.58. The van der Waals surface area contributed by atoms with Gasteiger partial charge in [0.2, 0.25) is 6.29 Å². The highest BCUT2D eigenvalue weighted by molar-refractivity contribution is 5.73. The predicted molar refractivity (Wildman–Crippen MR) is 97.2 cm³/mol. The van der Waals surface area contributed by atoms with E-state index in [1.165, 1.54) is 0 Å². The van der Waals surface area contributed by atoms with Gasteiger partial charge in [-0.1, -0.05) is 26.0 Å². The minimum absolute atomic E-state index is 0.361. The first-order valence-electron chi connectivity index (χ1n) is 9.05. The topological polar surface area (TPSA) is 120 Å². The van der Waals surface area contributed by atoms with E-state index in [0.29, 0.717) is 11.7 Å². The molecule has 152 valence electrons. The summed E-state index contributed by atoms with van der Waals surface area (Å²) < 4.78 is 10.6. The lowest BCUT2D eigenvalue weighted by Gasteiger charge is -2.38. The van der Waals surface area contributed by atoms with Crippen molar-refractivity contribution in [2.24, 2.45) is 5.92 Å². The van der Waals surface area contributed by atoms with Crippen molar-refractivity contribution in [3.05, 3.63) is 29.8 Å². The predicted octanol–water partition coefficient (Wildman–Crippen LogP) is 0.436. The quantitative estimate of drug-likeness (QED) is 0.510. The Hall–Kier alpha value is -1.71. The summed E-state index contributed by atoms with van der Waals surface area (Å²) in [5.74, 6) is -0.434. The number of carboxylic acids is 1. The number of aliphatic hydroxyl groups excluding tert-OH is 3. The van der Waals surface area contributed by atoms with Crippen molar-refractivity contribution < 1.29 is 34.7 Å². The maximum Gasteiger partial charge on any atom is 0.335 e. The number of rotatable bonds is 8. The van der Waals surface area contributed by atoms with Crippen molar-refractivity contribution in [3.63, 3.8) is 0 Å². The lowest BCUT2D eigenvalue weighted by atomic mass is 9.99. The van der Waals surface area contributed by atoms with E-state index >= 15 is 0 Å². The second kappa shape index (κ2) is 9.48. The van der Waals surface area contributed by atoms with Crippen molar-refractivity contribution in [2.75, 3.05) is 13.6 Å². The molecule has 1 saturated heterocycles. The van der Waals surface area contributed by atoms with Gasteiger partial charge in [-0.05, 0) is 43.6 Å². The van der Waals surface area contributed by atoms with Crippen LogP contribution >= 0.6 is 0 Å². The van der Waals surface area contributed by atoms with Gasteiger partial charge in [-0.25, -0.2) is 4.79 Å². The monoisotopic (exact) mass is 383 g/mol. The molecule has 1 aromatic rings. The Morgan fingerprint density at radius 2 is 1.78 bits per heavy atom. The number of nitrogens with zero attached hydrogens (tertiary/aromatic N) is 1. The van der Waals surface area contributed by atoms with Gasteiger partial charge in [0.15, 0.2) is 6.10 Å². The summed E-state index contributed by atoms with van der Waals surface area (Å²) in [6.07, 6.45) is -6.95. The smallest absolute Gasteiger partial charge is 0.335 e. The maximum atomic E-state index is 11.1. The third-order valence-corrected chi connectivity index (χ3v) is 4.53. The van der Waals surface area contributed by atoms with Gasteiger partial charge >= 0.3 is 5.97 Å². The Labute approximate surface area is 158 Å². The molecule has 1 aliphatic heterocycles. The number of benzene rings is 1. The van der Waals surface area contributed by atoms with Crippen molar-refractivity contribution in [2.45, 2.75) is 57.5 Å². The molecule has 1 aliphatic rings. The zero-order chi connectivity index (χ0) is 20.1. The highest BCUT2D eigenvalue weighted by Gasteiger charge is 2.48. The summed E-state index contributed by atoms with van der Waals surface area (Å²) in [6, 6.07) is 7.12. The van der Waals surface area contributed by atoms with Crippen LogP contribution in [0, 0.1) is 5.92 Å². The van der Waals surface area contributed by atoms with Gasteiger partial charge < -0.3 is 34.8 Å². The first kappa shape index (κ1) is 21.6. The van der Waals surface area contributed by atoms with Crippen LogP contribution in [0.3, 0.4) is 0 Å². The van der Waals surface area contributed by atoms with E-state index in [1.54, 1.807) is 12.1 Å². The molecule has 0 radical (unpaired) electrons. The van der Waals surface area contributed by atoms with Crippen LogP contribution in [0.15, 0.2) is 24.3 Å². The van der Waals surface area contributed by atoms with Crippen LogP contribution in [0.4, 0.5) is 0 Å². The average Bonchev–Trinajstić information content (AvgIpc) is 2.61. The molecule has 0 spiro atoms. The molecule has 4 N–H and O–H groups in total. The van der Waals surface area contributed by atoms with Crippen molar-refractivity contribution in [3.8, 4) is 5.75 Å². The molecule has 27 heavy (non-hydrogen) atoms. The molecular weight excluding hydrogens is 354 g/mol. The number of hydrogen-bond donors (Lipinski definition) is 4. The Bertz CT molecular complexity index is 607. The maximum absolute atomic E-state index is 11.1. The molecule has 2 rings (SSSR count). The average molecular weight is 383 g/mol. The van der Waals surface area contributed by atoms with Gasteiger partial charge in [-0.3, -0.25) is 0 Å². The fraction of sp³-hybridized carbons (Fsp3) is 0.632.